The number of hydrogen-bond acceptors (Lipinski definition) is 3. The number of para-hydroxylation sites is 1. The zero-order valence-corrected chi connectivity index (χ0v) is 11.7. The van der Waals surface area contributed by atoms with Gasteiger partial charge in [-0.3, -0.25) is 4.99 Å². The fraction of sp³-hybridized carbons (Fsp3) is 0.417. The van der Waals surface area contributed by atoms with Crippen molar-refractivity contribution in [1.82, 2.24) is 0 Å². The third-order valence-corrected chi connectivity index (χ3v) is 4.91. The highest BCUT2D eigenvalue weighted by atomic mass is 79.9. The van der Waals surface area contributed by atoms with Crippen LogP contribution in [0.2, 0.25) is 0 Å². The minimum Gasteiger partial charge on any atom is -0.322 e. The largest absolute Gasteiger partial charge is 0.322 e. The van der Waals surface area contributed by atoms with Gasteiger partial charge in [0, 0.05) is 22.8 Å². The minimum atomic E-state index is 0.591. The quantitative estimate of drug-likeness (QED) is 0.795. The van der Waals surface area contributed by atoms with Gasteiger partial charge in [0.1, 0.15) is 0 Å². The van der Waals surface area contributed by atoms with Crippen LogP contribution >= 0.6 is 27.7 Å². The minimum absolute atomic E-state index is 0.591. The summed E-state index contributed by atoms with van der Waals surface area (Å²) in [6.45, 7) is 4.05. The molecule has 1 aromatic carbocycles. The van der Waals surface area contributed by atoms with Crippen LogP contribution in [0.15, 0.2) is 35.3 Å². The van der Waals surface area contributed by atoms with E-state index in [4.69, 9.17) is 0 Å². The first-order valence-corrected chi connectivity index (χ1v) is 7.45. The molecule has 0 saturated heterocycles. The van der Waals surface area contributed by atoms with Crippen molar-refractivity contribution in [3.05, 3.63) is 30.3 Å². The SMILES string of the molecule is CCN(C1=NCC(CBr)S1)c1ccccc1. The molecule has 0 fully saturated rings. The van der Waals surface area contributed by atoms with Crippen LogP contribution in [-0.2, 0) is 0 Å². The fourth-order valence-electron chi connectivity index (χ4n) is 1.67. The van der Waals surface area contributed by atoms with Crippen LogP contribution in [0.3, 0.4) is 0 Å². The molecule has 1 unspecified atom stereocenters. The summed E-state index contributed by atoms with van der Waals surface area (Å²) in [7, 11) is 0. The lowest BCUT2D eigenvalue weighted by Gasteiger charge is -2.22. The molecule has 1 aromatic rings. The number of alkyl halides is 1. The Balaban J connectivity index is 2.13. The molecule has 2 nitrogen and oxygen atoms in total. The maximum atomic E-state index is 4.61. The predicted molar refractivity (Wildman–Crippen MR) is 76.9 cm³/mol. The van der Waals surface area contributed by atoms with E-state index >= 15 is 0 Å². The standard InChI is InChI=1S/C12H15BrN2S/c1-2-15(10-6-4-3-5-7-10)12-14-9-11(8-13)16-12/h3-7,11H,2,8-9H2,1H3. The second-order valence-corrected chi connectivity index (χ2v) is 5.51. The summed E-state index contributed by atoms with van der Waals surface area (Å²) in [5, 5.41) is 2.75. The lowest BCUT2D eigenvalue weighted by Crippen LogP contribution is -2.27. The second-order valence-electron chi connectivity index (χ2n) is 3.60. The molecule has 0 radical (unpaired) electrons. The zero-order valence-electron chi connectivity index (χ0n) is 9.27. The van der Waals surface area contributed by atoms with E-state index in [1.54, 1.807) is 0 Å². The monoisotopic (exact) mass is 298 g/mol. The molecule has 0 spiro atoms. The number of anilines is 1. The van der Waals surface area contributed by atoms with Gasteiger partial charge in [0.15, 0.2) is 5.17 Å². The average molecular weight is 299 g/mol. The third-order valence-electron chi connectivity index (χ3n) is 2.49. The molecular weight excluding hydrogens is 284 g/mol. The van der Waals surface area contributed by atoms with E-state index in [1.165, 1.54) is 5.69 Å². The molecule has 1 heterocycles. The summed E-state index contributed by atoms with van der Waals surface area (Å²) in [4.78, 5) is 6.88. The molecule has 0 N–H and O–H groups in total. The van der Waals surface area contributed by atoms with Gasteiger partial charge in [0.25, 0.3) is 0 Å². The van der Waals surface area contributed by atoms with Gasteiger partial charge in [-0.1, -0.05) is 45.9 Å². The van der Waals surface area contributed by atoms with Gasteiger partial charge < -0.3 is 4.90 Å². The van der Waals surface area contributed by atoms with Gasteiger partial charge >= 0.3 is 0 Å². The molecule has 4 heteroatoms. The smallest absolute Gasteiger partial charge is 0.164 e. The summed E-state index contributed by atoms with van der Waals surface area (Å²) in [6.07, 6.45) is 0. The van der Waals surface area contributed by atoms with E-state index < -0.39 is 0 Å². The lowest BCUT2D eigenvalue weighted by molar-refractivity contribution is 0.982. The summed E-state index contributed by atoms with van der Waals surface area (Å²) >= 11 is 5.39. The van der Waals surface area contributed by atoms with Crippen molar-refractivity contribution in [3.8, 4) is 0 Å². The second kappa shape index (κ2) is 5.73. The summed E-state index contributed by atoms with van der Waals surface area (Å²) in [5.74, 6) is 0. The fourth-order valence-corrected chi connectivity index (χ4v) is 3.29. The number of hydrogen-bond donors (Lipinski definition) is 0. The van der Waals surface area contributed by atoms with Crippen LogP contribution in [-0.4, -0.2) is 28.8 Å². The third kappa shape index (κ3) is 2.61. The molecule has 86 valence electrons. The van der Waals surface area contributed by atoms with Gasteiger partial charge in [-0.15, -0.1) is 0 Å². The highest BCUT2D eigenvalue weighted by Crippen LogP contribution is 2.27. The first kappa shape index (κ1) is 12.0. The Kier molecular flexibility index (Phi) is 4.29. The Morgan fingerprint density at radius 2 is 2.19 bits per heavy atom. The van der Waals surface area contributed by atoms with Crippen LogP contribution < -0.4 is 4.90 Å². The first-order valence-electron chi connectivity index (χ1n) is 5.44. The summed E-state index contributed by atoms with van der Waals surface area (Å²) in [6, 6.07) is 10.4. The Morgan fingerprint density at radius 1 is 1.44 bits per heavy atom. The first-order chi connectivity index (χ1) is 7.85. The van der Waals surface area contributed by atoms with Crippen LogP contribution in [0.4, 0.5) is 5.69 Å². The number of thioether (sulfide) groups is 1. The molecule has 0 aromatic heterocycles. The zero-order chi connectivity index (χ0) is 11.4. The molecule has 1 aliphatic heterocycles. The van der Waals surface area contributed by atoms with Gasteiger partial charge in [0.2, 0.25) is 0 Å². The molecule has 16 heavy (non-hydrogen) atoms. The van der Waals surface area contributed by atoms with Gasteiger partial charge in [-0.25, -0.2) is 0 Å². The Labute approximate surface area is 109 Å². The topological polar surface area (TPSA) is 15.6 Å². The van der Waals surface area contributed by atoms with E-state index in [0.29, 0.717) is 5.25 Å². The molecule has 1 atom stereocenters. The van der Waals surface area contributed by atoms with Crippen molar-refractivity contribution in [2.75, 3.05) is 23.3 Å². The van der Waals surface area contributed by atoms with E-state index in [2.05, 4.69) is 57.0 Å². The van der Waals surface area contributed by atoms with Crippen molar-refractivity contribution in [2.45, 2.75) is 12.2 Å². The van der Waals surface area contributed by atoms with Crippen LogP contribution in [0, 0.1) is 0 Å². The normalized spacial score (nSPS) is 19.6. The van der Waals surface area contributed by atoms with Crippen molar-refractivity contribution in [2.24, 2.45) is 4.99 Å². The van der Waals surface area contributed by atoms with Crippen LogP contribution in [0.5, 0.6) is 0 Å². The predicted octanol–water partition coefficient (Wildman–Crippen LogP) is 3.38. The van der Waals surface area contributed by atoms with Crippen LogP contribution in [0.1, 0.15) is 6.92 Å². The number of benzene rings is 1. The van der Waals surface area contributed by atoms with Crippen LogP contribution in [0.25, 0.3) is 0 Å². The number of aliphatic imine (C=N–C) groups is 1. The maximum Gasteiger partial charge on any atom is 0.164 e. The highest BCUT2D eigenvalue weighted by Gasteiger charge is 2.22. The Morgan fingerprint density at radius 3 is 2.75 bits per heavy atom. The van der Waals surface area contributed by atoms with Crippen molar-refractivity contribution >= 4 is 38.5 Å². The van der Waals surface area contributed by atoms with Gasteiger partial charge in [0.05, 0.1) is 6.54 Å². The van der Waals surface area contributed by atoms with E-state index in [0.717, 1.165) is 23.6 Å². The van der Waals surface area contributed by atoms with Crippen molar-refractivity contribution < 1.29 is 0 Å². The molecule has 0 aliphatic carbocycles. The molecule has 0 bridgehead atoms. The molecular formula is C12H15BrN2S. The lowest BCUT2D eigenvalue weighted by atomic mass is 10.3. The summed E-state index contributed by atoms with van der Waals surface area (Å²) in [5.41, 5.74) is 1.23. The summed E-state index contributed by atoms with van der Waals surface area (Å²) < 4.78 is 0. The Hall–Kier alpha value is -0.480. The average Bonchev–Trinajstić information content (AvgIpc) is 2.80. The van der Waals surface area contributed by atoms with Gasteiger partial charge in [-0.05, 0) is 19.1 Å². The highest BCUT2D eigenvalue weighted by molar-refractivity contribution is 9.09. The number of rotatable bonds is 3. The number of amidine groups is 1. The maximum absolute atomic E-state index is 4.61. The molecule has 1 aliphatic rings. The van der Waals surface area contributed by atoms with Crippen molar-refractivity contribution in [1.29, 1.82) is 0 Å². The molecule has 0 amide bonds. The van der Waals surface area contributed by atoms with E-state index in [-0.39, 0.29) is 0 Å². The van der Waals surface area contributed by atoms with Gasteiger partial charge in [-0.2, -0.15) is 0 Å². The molecule has 2 rings (SSSR count). The van der Waals surface area contributed by atoms with E-state index in [9.17, 15) is 0 Å². The van der Waals surface area contributed by atoms with E-state index in [1.807, 2.05) is 17.8 Å². The van der Waals surface area contributed by atoms with Crippen molar-refractivity contribution in [3.63, 3.8) is 0 Å². The molecule has 0 saturated carbocycles. The number of nitrogens with zero attached hydrogens (tertiary/aromatic N) is 2. The number of halogens is 1. The Bertz CT molecular complexity index is 367.